The van der Waals surface area contributed by atoms with E-state index in [9.17, 15) is 4.79 Å². The Morgan fingerprint density at radius 2 is 2.32 bits per heavy atom. The number of hydrogen-bond donors (Lipinski definition) is 2. The van der Waals surface area contributed by atoms with Crippen LogP contribution in [0.25, 0.3) is 0 Å². The molecule has 0 atom stereocenters. The third kappa shape index (κ3) is 4.18. The predicted molar refractivity (Wildman–Crippen MR) is 72.5 cm³/mol. The first-order chi connectivity index (χ1) is 9.28. The van der Waals surface area contributed by atoms with Gasteiger partial charge in [0.05, 0.1) is 6.54 Å². The van der Waals surface area contributed by atoms with E-state index >= 15 is 0 Å². The number of aromatic nitrogens is 3. The summed E-state index contributed by atoms with van der Waals surface area (Å²) in [5, 5.41) is 6.90. The lowest BCUT2D eigenvalue weighted by molar-refractivity contribution is -0.116. The number of hydrogen-bond acceptors (Lipinski definition) is 4. The molecule has 19 heavy (non-hydrogen) atoms. The number of carbonyl (C=O) groups excluding carboxylic acids is 1. The van der Waals surface area contributed by atoms with E-state index in [0.717, 1.165) is 11.3 Å². The van der Waals surface area contributed by atoms with Gasteiger partial charge in [-0.05, 0) is 30.7 Å². The summed E-state index contributed by atoms with van der Waals surface area (Å²) in [4.78, 5) is 15.5. The van der Waals surface area contributed by atoms with Crippen LogP contribution in [-0.4, -0.2) is 27.2 Å². The quantitative estimate of drug-likeness (QED) is 0.810. The van der Waals surface area contributed by atoms with Crippen molar-refractivity contribution in [3.63, 3.8) is 0 Å². The molecular weight excluding hydrogens is 242 g/mol. The molecule has 0 aliphatic heterocycles. The summed E-state index contributed by atoms with van der Waals surface area (Å²) >= 11 is 0. The smallest absolute Gasteiger partial charge is 0.224 e. The fourth-order valence-electron chi connectivity index (χ4n) is 1.73. The molecule has 6 heteroatoms. The lowest BCUT2D eigenvalue weighted by Crippen LogP contribution is -2.13. The average Bonchev–Trinajstić information content (AvgIpc) is 2.89. The minimum Gasteiger partial charge on any atom is -0.330 e. The zero-order valence-corrected chi connectivity index (χ0v) is 10.6. The van der Waals surface area contributed by atoms with Crippen molar-refractivity contribution in [2.24, 2.45) is 5.73 Å². The highest BCUT2D eigenvalue weighted by molar-refractivity contribution is 5.90. The van der Waals surface area contributed by atoms with Crippen LogP contribution in [0.4, 0.5) is 5.69 Å². The van der Waals surface area contributed by atoms with Crippen LogP contribution in [0.5, 0.6) is 0 Å². The van der Waals surface area contributed by atoms with Gasteiger partial charge in [0.15, 0.2) is 0 Å². The Morgan fingerprint density at radius 3 is 3.05 bits per heavy atom. The van der Waals surface area contributed by atoms with E-state index in [1.54, 1.807) is 11.0 Å². The van der Waals surface area contributed by atoms with E-state index in [0.29, 0.717) is 25.9 Å². The molecule has 3 N–H and O–H groups in total. The van der Waals surface area contributed by atoms with Crippen LogP contribution in [0.2, 0.25) is 0 Å². The topological polar surface area (TPSA) is 85.8 Å². The van der Waals surface area contributed by atoms with Gasteiger partial charge < -0.3 is 11.1 Å². The molecule has 1 amide bonds. The van der Waals surface area contributed by atoms with Crippen molar-refractivity contribution < 1.29 is 4.79 Å². The van der Waals surface area contributed by atoms with Crippen LogP contribution >= 0.6 is 0 Å². The van der Waals surface area contributed by atoms with E-state index in [1.165, 1.54) is 6.33 Å². The first kappa shape index (κ1) is 13.2. The highest BCUT2D eigenvalue weighted by Crippen LogP contribution is 2.12. The summed E-state index contributed by atoms with van der Waals surface area (Å²) in [6.45, 7) is 1.16. The molecule has 100 valence electrons. The number of rotatable bonds is 6. The maximum atomic E-state index is 11.6. The molecule has 2 aromatic rings. The molecule has 0 radical (unpaired) electrons. The second-order valence-corrected chi connectivity index (χ2v) is 4.23. The van der Waals surface area contributed by atoms with Crippen molar-refractivity contribution >= 4 is 11.6 Å². The molecule has 2 rings (SSSR count). The van der Waals surface area contributed by atoms with Crippen molar-refractivity contribution in [3.8, 4) is 0 Å². The number of benzene rings is 1. The number of nitrogens with two attached hydrogens (primary N) is 1. The molecule has 0 spiro atoms. The van der Waals surface area contributed by atoms with Gasteiger partial charge in [0.2, 0.25) is 5.91 Å². The molecule has 0 fully saturated rings. The van der Waals surface area contributed by atoms with Crippen LogP contribution in [0, 0.1) is 0 Å². The molecule has 0 saturated carbocycles. The number of amides is 1. The third-order valence-electron chi connectivity index (χ3n) is 2.63. The normalized spacial score (nSPS) is 10.4. The Balaban J connectivity index is 1.97. The van der Waals surface area contributed by atoms with Gasteiger partial charge in [-0.25, -0.2) is 9.67 Å². The standard InChI is InChI=1S/C13H17N5O/c14-6-2-5-13(19)17-12-4-1-3-11(7-12)8-18-10-15-9-16-18/h1,3-4,7,9-10H,2,5-6,8,14H2,(H,17,19). The van der Waals surface area contributed by atoms with Crippen LogP contribution in [0.15, 0.2) is 36.9 Å². The minimum atomic E-state index is -0.0108. The van der Waals surface area contributed by atoms with Crippen molar-refractivity contribution in [3.05, 3.63) is 42.5 Å². The first-order valence-electron chi connectivity index (χ1n) is 6.19. The number of nitrogens with one attached hydrogen (secondary N) is 1. The summed E-state index contributed by atoms with van der Waals surface area (Å²) in [6.07, 6.45) is 4.30. The van der Waals surface area contributed by atoms with Gasteiger partial charge in [-0.3, -0.25) is 4.79 Å². The van der Waals surface area contributed by atoms with Gasteiger partial charge in [-0.2, -0.15) is 5.10 Å². The second-order valence-electron chi connectivity index (χ2n) is 4.23. The molecule has 0 bridgehead atoms. The fraction of sp³-hybridized carbons (Fsp3) is 0.308. The van der Waals surface area contributed by atoms with Crippen molar-refractivity contribution in [2.45, 2.75) is 19.4 Å². The summed E-state index contributed by atoms with van der Waals surface area (Å²) in [5.41, 5.74) is 7.22. The molecule has 0 unspecified atom stereocenters. The van der Waals surface area contributed by atoms with Crippen molar-refractivity contribution in [1.82, 2.24) is 14.8 Å². The largest absolute Gasteiger partial charge is 0.330 e. The van der Waals surface area contributed by atoms with Gasteiger partial charge in [0, 0.05) is 12.1 Å². The van der Waals surface area contributed by atoms with Crippen LogP contribution in [-0.2, 0) is 11.3 Å². The Bertz CT molecular complexity index is 524. The number of anilines is 1. The Kier molecular flexibility index (Phi) is 4.63. The first-order valence-corrected chi connectivity index (χ1v) is 6.19. The van der Waals surface area contributed by atoms with Crippen LogP contribution < -0.4 is 11.1 Å². The molecule has 0 saturated heterocycles. The van der Waals surface area contributed by atoms with Crippen LogP contribution in [0.1, 0.15) is 18.4 Å². The minimum absolute atomic E-state index is 0.0108. The fourth-order valence-corrected chi connectivity index (χ4v) is 1.73. The molecule has 0 aliphatic rings. The highest BCUT2D eigenvalue weighted by atomic mass is 16.1. The number of nitrogens with zero attached hydrogens (tertiary/aromatic N) is 3. The van der Waals surface area contributed by atoms with E-state index in [4.69, 9.17) is 5.73 Å². The molecule has 6 nitrogen and oxygen atoms in total. The predicted octanol–water partition coefficient (Wildman–Crippen LogP) is 1.00. The highest BCUT2D eigenvalue weighted by Gasteiger charge is 2.03. The summed E-state index contributed by atoms with van der Waals surface area (Å²) in [7, 11) is 0. The second kappa shape index (κ2) is 6.65. The molecular formula is C13H17N5O. The number of carbonyl (C=O) groups is 1. The van der Waals surface area contributed by atoms with E-state index in [2.05, 4.69) is 15.4 Å². The monoisotopic (exact) mass is 259 g/mol. The SMILES string of the molecule is NCCCC(=O)Nc1cccc(Cn2cncn2)c1. The van der Waals surface area contributed by atoms with E-state index in [1.807, 2.05) is 24.3 Å². The van der Waals surface area contributed by atoms with Gasteiger partial charge in [-0.1, -0.05) is 12.1 Å². The third-order valence-corrected chi connectivity index (χ3v) is 2.63. The Hall–Kier alpha value is -2.21. The zero-order chi connectivity index (χ0) is 13.5. The maximum absolute atomic E-state index is 11.6. The Morgan fingerprint density at radius 1 is 1.42 bits per heavy atom. The maximum Gasteiger partial charge on any atom is 0.224 e. The summed E-state index contributed by atoms with van der Waals surface area (Å²) in [5.74, 6) is -0.0108. The van der Waals surface area contributed by atoms with Gasteiger partial charge in [-0.15, -0.1) is 0 Å². The van der Waals surface area contributed by atoms with Gasteiger partial charge in [0.1, 0.15) is 12.7 Å². The lowest BCUT2D eigenvalue weighted by atomic mass is 10.2. The average molecular weight is 259 g/mol. The molecule has 1 aromatic heterocycles. The van der Waals surface area contributed by atoms with E-state index in [-0.39, 0.29) is 5.91 Å². The molecule has 0 aliphatic carbocycles. The summed E-state index contributed by atoms with van der Waals surface area (Å²) < 4.78 is 1.73. The van der Waals surface area contributed by atoms with Crippen molar-refractivity contribution in [2.75, 3.05) is 11.9 Å². The Labute approximate surface area is 111 Å². The van der Waals surface area contributed by atoms with Crippen molar-refractivity contribution in [1.29, 1.82) is 0 Å². The van der Waals surface area contributed by atoms with Gasteiger partial charge in [0.25, 0.3) is 0 Å². The zero-order valence-electron chi connectivity index (χ0n) is 10.6. The molecule has 1 heterocycles. The van der Waals surface area contributed by atoms with Crippen LogP contribution in [0.3, 0.4) is 0 Å². The lowest BCUT2D eigenvalue weighted by Gasteiger charge is -2.07. The van der Waals surface area contributed by atoms with Gasteiger partial charge >= 0.3 is 0 Å². The summed E-state index contributed by atoms with van der Waals surface area (Å²) in [6, 6.07) is 7.69. The molecule has 1 aromatic carbocycles. The van der Waals surface area contributed by atoms with E-state index < -0.39 is 0 Å².